The van der Waals surface area contributed by atoms with E-state index in [1.165, 1.54) is 18.4 Å². The van der Waals surface area contributed by atoms with Gasteiger partial charge >= 0.3 is 0 Å². The maximum Gasteiger partial charge on any atom is 0.152 e. The zero-order chi connectivity index (χ0) is 17.2. The standard InChI is InChI=1S/C21H25N3O/c1-3-21(23-11-4-5-12-23)25-18-8-6-17(7-9-18)19-15-24-13-10-16(2)14-20(24)22-19/h6-10,13-15,21H,3-5,11-12H2,1-2H3. The van der Waals surface area contributed by atoms with Crippen LogP contribution >= 0.6 is 0 Å². The molecule has 0 spiro atoms. The van der Waals surface area contributed by atoms with Crippen molar-refractivity contribution in [2.75, 3.05) is 13.1 Å². The van der Waals surface area contributed by atoms with Gasteiger partial charge in [0.2, 0.25) is 0 Å². The fraction of sp³-hybridized carbons (Fsp3) is 0.381. The van der Waals surface area contributed by atoms with E-state index in [0.717, 1.165) is 42.2 Å². The molecule has 3 aromatic rings. The third-order valence-electron chi connectivity index (χ3n) is 4.94. The van der Waals surface area contributed by atoms with Gasteiger partial charge in [-0.05, 0) is 68.1 Å². The first-order chi connectivity index (χ1) is 12.2. The van der Waals surface area contributed by atoms with E-state index < -0.39 is 0 Å². The van der Waals surface area contributed by atoms with Crippen molar-refractivity contribution in [3.63, 3.8) is 0 Å². The average Bonchev–Trinajstić information content (AvgIpc) is 3.29. The van der Waals surface area contributed by atoms with Crippen LogP contribution in [0.1, 0.15) is 31.7 Å². The SMILES string of the molecule is CCC(Oc1ccc(-c2cn3ccc(C)cc3n2)cc1)N1CCCC1. The van der Waals surface area contributed by atoms with Crippen molar-refractivity contribution < 1.29 is 4.74 Å². The number of aryl methyl sites for hydroxylation is 1. The Morgan fingerprint density at radius 2 is 1.88 bits per heavy atom. The number of pyridine rings is 1. The number of aromatic nitrogens is 2. The second-order valence-corrected chi connectivity index (χ2v) is 6.84. The maximum atomic E-state index is 6.21. The Kier molecular flexibility index (Phi) is 4.45. The monoisotopic (exact) mass is 335 g/mol. The first-order valence-corrected chi connectivity index (χ1v) is 9.19. The van der Waals surface area contributed by atoms with E-state index in [1.807, 2.05) is 0 Å². The lowest BCUT2D eigenvalue weighted by Gasteiger charge is -2.27. The van der Waals surface area contributed by atoms with Gasteiger partial charge in [0.25, 0.3) is 0 Å². The van der Waals surface area contributed by atoms with Gasteiger partial charge in [-0.3, -0.25) is 4.90 Å². The number of imidazole rings is 1. The summed E-state index contributed by atoms with van der Waals surface area (Å²) >= 11 is 0. The van der Waals surface area contributed by atoms with Crippen molar-refractivity contribution in [3.8, 4) is 17.0 Å². The maximum absolute atomic E-state index is 6.21. The molecule has 1 fully saturated rings. The van der Waals surface area contributed by atoms with Crippen molar-refractivity contribution in [2.24, 2.45) is 0 Å². The van der Waals surface area contributed by atoms with Crippen LogP contribution in [0.4, 0.5) is 0 Å². The first-order valence-electron chi connectivity index (χ1n) is 9.19. The van der Waals surface area contributed by atoms with Gasteiger partial charge in [-0.15, -0.1) is 0 Å². The van der Waals surface area contributed by atoms with E-state index >= 15 is 0 Å². The number of ether oxygens (including phenoxy) is 1. The Bertz CT molecular complexity index is 847. The second-order valence-electron chi connectivity index (χ2n) is 6.84. The zero-order valence-electron chi connectivity index (χ0n) is 15.0. The molecule has 0 amide bonds. The lowest BCUT2D eigenvalue weighted by molar-refractivity contribution is 0.0402. The molecule has 1 unspecified atom stereocenters. The average molecular weight is 335 g/mol. The predicted molar refractivity (Wildman–Crippen MR) is 101 cm³/mol. The Morgan fingerprint density at radius 1 is 1.12 bits per heavy atom. The van der Waals surface area contributed by atoms with Crippen LogP contribution in [0.15, 0.2) is 48.8 Å². The fourth-order valence-corrected chi connectivity index (χ4v) is 3.53. The normalized spacial score (nSPS) is 16.4. The van der Waals surface area contributed by atoms with Crippen molar-refractivity contribution in [1.82, 2.24) is 14.3 Å². The molecule has 4 heteroatoms. The van der Waals surface area contributed by atoms with E-state index in [4.69, 9.17) is 9.72 Å². The van der Waals surface area contributed by atoms with Gasteiger partial charge in [-0.2, -0.15) is 0 Å². The Balaban J connectivity index is 1.52. The molecular weight excluding hydrogens is 310 g/mol. The quantitative estimate of drug-likeness (QED) is 0.686. The first kappa shape index (κ1) is 16.2. The molecule has 4 nitrogen and oxygen atoms in total. The molecule has 3 heterocycles. The summed E-state index contributed by atoms with van der Waals surface area (Å²) in [5.74, 6) is 0.933. The Hall–Kier alpha value is -2.33. The van der Waals surface area contributed by atoms with Crippen LogP contribution in [0.3, 0.4) is 0 Å². The van der Waals surface area contributed by atoms with E-state index in [-0.39, 0.29) is 6.23 Å². The summed E-state index contributed by atoms with van der Waals surface area (Å²) in [5.41, 5.74) is 4.31. The molecule has 4 rings (SSSR count). The van der Waals surface area contributed by atoms with E-state index in [2.05, 4.69) is 71.9 Å². The topological polar surface area (TPSA) is 29.8 Å². The summed E-state index contributed by atoms with van der Waals surface area (Å²) in [5, 5.41) is 0. The van der Waals surface area contributed by atoms with Crippen LogP contribution in [0.25, 0.3) is 16.9 Å². The number of hydrogen-bond acceptors (Lipinski definition) is 3. The van der Waals surface area contributed by atoms with Gasteiger partial charge in [0.15, 0.2) is 6.23 Å². The number of likely N-dealkylation sites (tertiary alicyclic amines) is 1. The molecule has 130 valence electrons. The lowest BCUT2D eigenvalue weighted by atomic mass is 10.1. The van der Waals surface area contributed by atoms with Crippen LogP contribution in [0, 0.1) is 6.92 Å². The number of fused-ring (bicyclic) bond motifs is 1. The molecule has 0 aliphatic carbocycles. The molecular formula is C21H25N3O. The third kappa shape index (κ3) is 3.40. The van der Waals surface area contributed by atoms with E-state index in [0.29, 0.717) is 0 Å². The summed E-state index contributed by atoms with van der Waals surface area (Å²) in [6, 6.07) is 12.5. The van der Waals surface area contributed by atoms with Crippen LogP contribution in [-0.2, 0) is 0 Å². The van der Waals surface area contributed by atoms with Crippen molar-refractivity contribution in [3.05, 3.63) is 54.4 Å². The van der Waals surface area contributed by atoms with Gasteiger partial charge in [0.05, 0.1) is 5.69 Å². The van der Waals surface area contributed by atoms with E-state index in [1.54, 1.807) is 0 Å². The Morgan fingerprint density at radius 3 is 2.60 bits per heavy atom. The highest BCUT2D eigenvalue weighted by atomic mass is 16.5. The van der Waals surface area contributed by atoms with Gasteiger partial charge in [-0.1, -0.05) is 6.92 Å². The van der Waals surface area contributed by atoms with Crippen molar-refractivity contribution in [2.45, 2.75) is 39.3 Å². The molecule has 0 radical (unpaired) electrons. The highest BCUT2D eigenvalue weighted by Gasteiger charge is 2.21. The minimum Gasteiger partial charge on any atom is -0.475 e. The van der Waals surface area contributed by atoms with Crippen LogP contribution in [0.5, 0.6) is 5.75 Å². The molecule has 1 atom stereocenters. The zero-order valence-corrected chi connectivity index (χ0v) is 15.0. The van der Waals surface area contributed by atoms with Crippen molar-refractivity contribution in [1.29, 1.82) is 0 Å². The van der Waals surface area contributed by atoms with Gasteiger partial charge in [0.1, 0.15) is 11.4 Å². The molecule has 1 aromatic carbocycles. The number of rotatable bonds is 5. The number of hydrogen-bond donors (Lipinski definition) is 0. The summed E-state index contributed by atoms with van der Waals surface area (Å²) in [4.78, 5) is 7.17. The molecule has 0 saturated carbocycles. The van der Waals surface area contributed by atoms with Gasteiger partial charge in [-0.25, -0.2) is 4.98 Å². The summed E-state index contributed by atoms with van der Waals surface area (Å²) in [6.07, 6.45) is 7.89. The molecule has 1 saturated heterocycles. The Labute approximate surface area is 149 Å². The lowest BCUT2D eigenvalue weighted by Crippen LogP contribution is -2.36. The van der Waals surface area contributed by atoms with Crippen molar-refractivity contribution >= 4 is 5.65 Å². The molecule has 25 heavy (non-hydrogen) atoms. The third-order valence-corrected chi connectivity index (χ3v) is 4.94. The molecule has 0 bridgehead atoms. The summed E-state index contributed by atoms with van der Waals surface area (Å²) in [7, 11) is 0. The summed E-state index contributed by atoms with van der Waals surface area (Å²) in [6.45, 7) is 6.58. The van der Waals surface area contributed by atoms with Gasteiger partial charge in [0, 0.05) is 31.0 Å². The number of nitrogens with zero attached hydrogens (tertiary/aromatic N) is 3. The van der Waals surface area contributed by atoms with E-state index in [9.17, 15) is 0 Å². The minimum absolute atomic E-state index is 0.187. The molecule has 0 N–H and O–H groups in total. The van der Waals surface area contributed by atoms with Crippen LogP contribution < -0.4 is 4.74 Å². The minimum atomic E-state index is 0.187. The summed E-state index contributed by atoms with van der Waals surface area (Å²) < 4.78 is 8.28. The largest absolute Gasteiger partial charge is 0.475 e. The predicted octanol–water partition coefficient (Wildman–Crippen LogP) is 4.52. The van der Waals surface area contributed by atoms with Gasteiger partial charge < -0.3 is 9.14 Å². The molecule has 2 aromatic heterocycles. The number of benzene rings is 1. The molecule has 1 aliphatic rings. The second kappa shape index (κ2) is 6.89. The smallest absolute Gasteiger partial charge is 0.152 e. The molecule has 1 aliphatic heterocycles. The fourth-order valence-electron chi connectivity index (χ4n) is 3.53. The van der Waals surface area contributed by atoms with Crippen LogP contribution in [0.2, 0.25) is 0 Å². The van der Waals surface area contributed by atoms with Crippen LogP contribution in [-0.4, -0.2) is 33.6 Å². The highest BCUT2D eigenvalue weighted by molar-refractivity contribution is 5.63. The highest BCUT2D eigenvalue weighted by Crippen LogP contribution is 2.24.